The average molecular weight is 357 g/mol. The monoisotopic (exact) mass is 356 g/mol. The van der Waals surface area contributed by atoms with Crippen molar-refractivity contribution in [3.63, 3.8) is 0 Å². The van der Waals surface area contributed by atoms with Crippen LogP contribution in [0.4, 0.5) is 5.69 Å². The van der Waals surface area contributed by atoms with Crippen LogP contribution in [0.5, 0.6) is 0 Å². The van der Waals surface area contributed by atoms with Gasteiger partial charge in [0.1, 0.15) is 0 Å². The van der Waals surface area contributed by atoms with E-state index in [-0.39, 0.29) is 6.17 Å². The van der Waals surface area contributed by atoms with Gasteiger partial charge in [0.2, 0.25) is 0 Å². The van der Waals surface area contributed by atoms with Gasteiger partial charge in [-0.05, 0) is 50.5 Å². The molecule has 3 nitrogen and oxygen atoms in total. The Labute approximate surface area is 154 Å². The molecule has 2 atom stereocenters. The third-order valence-corrected chi connectivity index (χ3v) is 5.82. The van der Waals surface area contributed by atoms with E-state index < -0.39 is 5.72 Å². The van der Waals surface area contributed by atoms with Gasteiger partial charge in [-0.15, -0.1) is 0 Å². The first-order valence-electron chi connectivity index (χ1n) is 9.16. The van der Waals surface area contributed by atoms with Gasteiger partial charge in [0.05, 0.1) is 12.7 Å². The Kier molecular flexibility index (Phi) is 4.48. The van der Waals surface area contributed by atoms with Crippen molar-refractivity contribution in [1.29, 1.82) is 0 Å². The summed E-state index contributed by atoms with van der Waals surface area (Å²) in [5, 5.41) is 12.5. The number of rotatable bonds is 2. The molecule has 2 aromatic rings. The Morgan fingerprint density at radius 1 is 1.00 bits per heavy atom. The van der Waals surface area contributed by atoms with Crippen LogP contribution >= 0.6 is 11.6 Å². The molecule has 1 N–H and O–H groups in total. The van der Waals surface area contributed by atoms with Crippen molar-refractivity contribution in [2.24, 2.45) is 0 Å². The molecular formula is C21H25ClN2O. The van der Waals surface area contributed by atoms with Crippen molar-refractivity contribution in [3.05, 3.63) is 64.7 Å². The quantitative estimate of drug-likeness (QED) is 0.857. The Hall–Kier alpha value is -1.55. The summed E-state index contributed by atoms with van der Waals surface area (Å²) in [5.74, 6) is 0. The van der Waals surface area contributed by atoms with Crippen molar-refractivity contribution >= 4 is 17.3 Å². The highest BCUT2D eigenvalue weighted by atomic mass is 35.5. The zero-order valence-corrected chi connectivity index (χ0v) is 15.4. The number of halogens is 1. The summed E-state index contributed by atoms with van der Waals surface area (Å²) in [5.41, 5.74) is 2.20. The standard InChI is InChI=1S/C21H25ClN2O/c1-16-6-12-19(13-7-16)24-20-5-3-2-4-14-23(20)15-21(24,25)17-8-10-18(22)11-9-17/h6-13,20,25H,2-5,14-15H2,1H3. The molecule has 2 aromatic carbocycles. The highest BCUT2D eigenvalue weighted by Crippen LogP contribution is 2.43. The maximum atomic E-state index is 11.8. The number of fused-ring (bicyclic) bond motifs is 1. The first kappa shape index (κ1) is 16.9. The Morgan fingerprint density at radius 2 is 1.72 bits per heavy atom. The molecule has 2 saturated heterocycles. The lowest BCUT2D eigenvalue weighted by molar-refractivity contribution is 0.0476. The highest BCUT2D eigenvalue weighted by Gasteiger charge is 2.50. The highest BCUT2D eigenvalue weighted by molar-refractivity contribution is 6.30. The van der Waals surface area contributed by atoms with Crippen LogP contribution in [0, 0.1) is 6.92 Å². The van der Waals surface area contributed by atoms with Gasteiger partial charge < -0.3 is 10.0 Å². The molecular weight excluding hydrogens is 332 g/mol. The minimum absolute atomic E-state index is 0.242. The molecule has 0 amide bonds. The molecule has 0 aromatic heterocycles. The zero-order chi connectivity index (χ0) is 17.4. The molecule has 0 aliphatic carbocycles. The molecule has 4 rings (SSSR count). The van der Waals surface area contributed by atoms with Gasteiger partial charge in [0, 0.05) is 22.8 Å². The first-order valence-corrected chi connectivity index (χ1v) is 9.54. The Balaban J connectivity index is 1.80. The SMILES string of the molecule is Cc1ccc(N2C3CCCCCN3CC2(O)c2ccc(Cl)cc2)cc1. The fourth-order valence-corrected chi connectivity index (χ4v) is 4.40. The molecule has 2 fully saturated rings. The maximum Gasteiger partial charge on any atom is 0.178 e. The molecule has 2 heterocycles. The summed E-state index contributed by atoms with van der Waals surface area (Å²) in [6, 6.07) is 16.1. The van der Waals surface area contributed by atoms with Gasteiger partial charge in [-0.1, -0.05) is 47.9 Å². The molecule has 0 saturated carbocycles. The Morgan fingerprint density at radius 3 is 2.44 bits per heavy atom. The fourth-order valence-electron chi connectivity index (χ4n) is 4.27. The number of anilines is 1. The summed E-state index contributed by atoms with van der Waals surface area (Å²) < 4.78 is 0. The molecule has 0 bridgehead atoms. The van der Waals surface area contributed by atoms with Crippen molar-refractivity contribution in [1.82, 2.24) is 4.90 Å². The van der Waals surface area contributed by atoms with Crippen molar-refractivity contribution in [3.8, 4) is 0 Å². The lowest BCUT2D eigenvalue weighted by Crippen LogP contribution is -2.47. The summed E-state index contributed by atoms with van der Waals surface area (Å²) in [6.45, 7) is 3.77. The second kappa shape index (κ2) is 6.64. The summed E-state index contributed by atoms with van der Waals surface area (Å²) >= 11 is 6.07. The maximum absolute atomic E-state index is 11.8. The summed E-state index contributed by atoms with van der Waals surface area (Å²) in [7, 11) is 0. The molecule has 0 radical (unpaired) electrons. The predicted octanol–water partition coefficient (Wildman–Crippen LogP) is 4.52. The number of aryl methyl sites for hydroxylation is 1. The van der Waals surface area contributed by atoms with E-state index in [4.69, 9.17) is 11.6 Å². The van der Waals surface area contributed by atoms with Crippen molar-refractivity contribution in [2.75, 3.05) is 18.0 Å². The van der Waals surface area contributed by atoms with E-state index in [2.05, 4.69) is 41.0 Å². The van der Waals surface area contributed by atoms with Crippen LogP contribution in [-0.2, 0) is 5.72 Å². The lowest BCUT2D eigenvalue weighted by Gasteiger charge is -2.38. The van der Waals surface area contributed by atoms with E-state index in [1.807, 2.05) is 24.3 Å². The first-order chi connectivity index (χ1) is 12.1. The smallest absolute Gasteiger partial charge is 0.178 e. The van der Waals surface area contributed by atoms with E-state index in [1.165, 1.54) is 24.8 Å². The molecule has 2 unspecified atom stereocenters. The summed E-state index contributed by atoms with van der Waals surface area (Å²) in [4.78, 5) is 4.67. The normalized spacial score (nSPS) is 27.2. The van der Waals surface area contributed by atoms with Gasteiger partial charge >= 0.3 is 0 Å². The van der Waals surface area contributed by atoms with E-state index in [0.29, 0.717) is 11.6 Å². The zero-order valence-electron chi connectivity index (χ0n) is 14.7. The van der Waals surface area contributed by atoms with Crippen molar-refractivity contribution < 1.29 is 5.11 Å². The van der Waals surface area contributed by atoms with Gasteiger partial charge in [-0.3, -0.25) is 4.90 Å². The van der Waals surface area contributed by atoms with Gasteiger partial charge in [0.25, 0.3) is 0 Å². The van der Waals surface area contributed by atoms with Crippen LogP contribution in [0.15, 0.2) is 48.5 Å². The Bertz CT molecular complexity index is 731. The van der Waals surface area contributed by atoms with Crippen LogP contribution in [0.3, 0.4) is 0 Å². The number of hydrogen-bond acceptors (Lipinski definition) is 3. The molecule has 0 spiro atoms. The minimum Gasteiger partial charge on any atom is -0.366 e. The largest absolute Gasteiger partial charge is 0.366 e. The lowest BCUT2D eigenvalue weighted by atomic mass is 10.0. The topological polar surface area (TPSA) is 26.7 Å². The predicted molar refractivity (Wildman–Crippen MR) is 103 cm³/mol. The van der Waals surface area contributed by atoms with Crippen LogP contribution in [0.25, 0.3) is 0 Å². The average Bonchev–Trinajstić information content (AvgIpc) is 2.74. The fraction of sp³-hybridized carbons (Fsp3) is 0.429. The number of aliphatic hydroxyl groups is 1. The third-order valence-electron chi connectivity index (χ3n) is 5.57. The minimum atomic E-state index is -1.03. The number of hydrogen-bond donors (Lipinski definition) is 1. The van der Waals surface area contributed by atoms with E-state index in [0.717, 1.165) is 24.2 Å². The van der Waals surface area contributed by atoms with Crippen LogP contribution in [0.1, 0.15) is 36.8 Å². The van der Waals surface area contributed by atoms with E-state index >= 15 is 0 Å². The molecule has 132 valence electrons. The van der Waals surface area contributed by atoms with Crippen LogP contribution in [-0.4, -0.2) is 29.3 Å². The van der Waals surface area contributed by atoms with E-state index in [9.17, 15) is 5.11 Å². The second-order valence-corrected chi connectivity index (χ2v) is 7.77. The van der Waals surface area contributed by atoms with Gasteiger partial charge in [-0.25, -0.2) is 0 Å². The van der Waals surface area contributed by atoms with Crippen LogP contribution in [0.2, 0.25) is 5.02 Å². The third kappa shape index (κ3) is 3.05. The van der Waals surface area contributed by atoms with Gasteiger partial charge in [-0.2, -0.15) is 0 Å². The second-order valence-electron chi connectivity index (χ2n) is 7.33. The van der Waals surface area contributed by atoms with Crippen LogP contribution < -0.4 is 4.90 Å². The van der Waals surface area contributed by atoms with Crippen molar-refractivity contribution in [2.45, 2.75) is 44.5 Å². The molecule has 2 aliphatic heterocycles. The van der Waals surface area contributed by atoms with Gasteiger partial charge in [0.15, 0.2) is 5.72 Å². The van der Waals surface area contributed by atoms with E-state index in [1.54, 1.807) is 0 Å². The summed E-state index contributed by atoms with van der Waals surface area (Å²) in [6.07, 6.45) is 5.01. The molecule has 4 heteroatoms. The molecule has 25 heavy (non-hydrogen) atoms. The number of benzene rings is 2. The number of nitrogens with zero attached hydrogens (tertiary/aromatic N) is 2. The molecule has 2 aliphatic rings.